The first kappa shape index (κ1) is 19.6. The Bertz CT molecular complexity index is 718. The summed E-state index contributed by atoms with van der Waals surface area (Å²) in [5.74, 6) is 0.667. The third-order valence-corrected chi connectivity index (χ3v) is 5.76. The van der Waals surface area contributed by atoms with Gasteiger partial charge in [0.15, 0.2) is 0 Å². The largest absolute Gasteiger partial charge is 0.378 e. The zero-order chi connectivity index (χ0) is 18.9. The number of nitrogens with zero attached hydrogens (tertiary/aromatic N) is 1. The molecule has 1 aliphatic rings. The Morgan fingerprint density at radius 2 is 1.48 bits per heavy atom. The molecular weight excluding hydrogens is 330 g/mol. The van der Waals surface area contributed by atoms with Crippen LogP contribution in [0.3, 0.4) is 0 Å². The summed E-state index contributed by atoms with van der Waals surface area (Å²) in [5.41, 5.74) is 4.54. The van der Waals surface area contributed by atoms with Crippen LogP contribution in [0.15, 0.2) is 48.5 Å². The number of nitriles is 1. The highest BCUT2D eigenvalue weighted by Crippen LogP contribution is 2.35. The van der Waals surface area contributed by atoms with Crippen molar-refractivity contribution < 1.29 is 4.74 Å². The first-order chi connectivity index (χ1) is 13.3. The van der Waals surface area contributed by atoms with E-state index in [2.05, 4.69) is 37.3 Å². The highest BCUT2D eigenvalue weighted by molar-refractivity contribution is 5.64. The molecule has 0 atom stereocenters. The topological polar surface area (TPSA) is 33.0 Å². The van der Waals surface area contributed by atoms with E-state index in [1.165, 1.54) is 68.1 Å². The summed E-state index contributed by atoms with van der Waals surface area (Å²) in [6, 6.07) is 19.0. The van der Waals surface area contributed by atoms with Gasteiger partial charge in [0.25, 0.3) is 0 Å². The lowest BCUT2D eigenvalue weighted by atomic mass is 9.82. The van der Waals surface area contributed by atoms with E-state index >= 15 is 0 Å². The molecule has 142 valence electrons. The molecule has 3 rings (SSSR count). The van der Waals surface area contributed by atoms with E-state index in [-0.39, 0.29) is 0 Å². The Kier molecular flexibility index (Phi) is 7.48. The number of ether oxygens (including phenoxy) is 1. The van der Waals surface area contributed by atoms with Crippen molar-refractivity contribution >= 4 is 0 Å². The van der Waals surface area contributed by atoms with Crippen molar-refractivity contribution in [2.24, 2.45) is 0 Å². The minimum absolute atomic E-state index is 0.473. The summed E-state index contributed by atoms with van der Waals surface area (Å²) >= 11 is 0. The van der Waals surface area contributed by atoms with Crippen molar-refractivity contribution in [1.82, 2.24) is 0 Å². The zero-order valence-corrected chi connectivity index (χ0v) is 16.5. The fourth-order valence-corrected chi connectivity index (χ4v) is 4.03. The lowest BCUT2D eigenvalue weighted by Gasteiger charge is -2.29. The third kappa shape index (κ3) is 5.68. The van der Waals surface area contributed by atoms with Gasteiger partial charge in [0, 0.05) is 6.61 Å². The van der Waals surface area contributed by atoms with Gasteiger partial charge in [-0.15, -0.1) is 0 Å². The first-order valence-corrected chi connectivity index (χ1v) is 10.5. The maximum Gasteiger partial charge on any atom is 0.0991 e. The van der Waals surface area contributed by atoms with Crippen LogP contribution in [0.4, 0.5) is 0 Å². The normalized spacial score (nSPS) is 19.6. The van der Waals surface area contributed by atoms with Crippen LogP contribution in [0, 0.1) is 11.3 Å². The molecule has 0 bridgehead atoms. The minimum Gasteiger partial charge on any atom is -0.378 e. The van der Waals surface area contributed by atoms with Gasteiger partial charge in [0.05, 0.1) is 17.7 Å². The molecule has 0 N–H and O–H groups in total. The Balaban J connectivity index is 1.48. The molecule has 27 heavy (non-hydrogen) atoms. The molecule has 0 amide bonds. The van der Waals surface area contributed by atoms with Gasteiger partial charge in [-0.3, -0.25) is 0 Å². The van der Waals surface area contributed by atoms with Crippen molar-refractivity contribution in [2.45, 2.75) is 70.3 Å². The van der Waals surface area contributed by atoms with Crippen LogP contribution >= 0.6 is 0 Å². The van der Waals surface area contributed by atoms with Gasteiger partial charge in [0.1, 0.15) is 0 Å². The molecule has 0 spiro atoms. The minimum atomic E-state index is 0.473. The second-order valence-electron chi connectivity index (χ2n) is 7.72. The van der Waals surface area contributed by atoms with E-state index in [1.54, 1.807) is 0 Å². The molecule has 2 aromatic carbocycles. The lowest BCUT2D eigenvalue weighted by molar-refractivity contribution is 0.0226. The fraction of sp³-hybridized carbons (Fsp3) is 0.480. The molecule has 1 saturated carbocycles. The molecule has 2 nitrogen and oxygen atoms in total. The van der Waals surface area contributed by atoms with Crippen molar-refractivity contribution in [3.8, 4) is 17.2 Å². The molecular formula is C25H31NO. The quantitative estimate of drug-likeness (QED) is 0.482. The van der Waals surface area contributed by atoms with Crippen LogP contribution in [-0.2, 0) is 4.74 Å². The van der Waals surface area contributed by atoms with Crippen molar-refractivity contribution in [3.63, 3.8) is 0 Å². The van der Waals surface area contributed by atoms with Gasteiger partial charge < -0.3 is 4.74 Å². The average Bonchev–Trinajstić information content (AvgIpc) is 2.74. The Labute approximate surface area is 164 Å². The van der Waals surface area contributed by atoms with Crippen LogP contribution in [0.25, 0.3) is 11.1 Å². The van der Waals surface area contributed by atoms with Gasteiger partial charge in [0.2, 0.25) is 0 Å². The number of hydrogen-bond acceptors (Lipinski definition) is 2. The van der Waals surface area contributed by atoms with Crippen molar-refractivity contribution in [3.05, 3.63) is 59.7 Å². The first-order valence-electron chi connectivity index (χ1n) is 10.5. The Morgan fingerprint density at radius 1 is 0.852 bits per heavy atom. The molecule has 2 heteroatoms. The van der Waals surface area contributed by atoms with Crippen molar-refractivity contribution in [2.75, 3.05) is 6.61 Å². The standard InChI is InChI=1S/C25H31NO/c1-2-3-4-5-18-27-25-16-14-24(15-17-25)23-12-10-22(11-13-23)21-8-6-20(19-26)7-9-21/h6-13,24-25H,2-5,14-18H2,1H3/t24-,25-. The highest BCUT2D eigenvalue weighted by Gasteiger charge is 2.22. The fourth-order valence-electron chi connectivity index (χ4n) is 4.03. The zero-order valence-electron chi connectivity index (χ0n) is 16.5. The molecule has 2 aromatic rings. The Hall–Kier alpha value is -2.11. The second-order valence-corrected chi connectivity index (χ2v) is 7.72. The third-order valence-electron chi connectivity index (χ3n) is 5.76. The van der Waals surface area contributed by atoms with E-state index in [0.29, 0.717) is 17.6 Å². The van der Waals surface area contributed by atoms with Crippen LogP contribution in [0.1, 0.15) is 75.3 Å². The van der Waals surface area contributed by atoms with Crippen LogP contribution in [0.5, 0.6) is 0 Å². The van der Waals surface area contributed by atoms with Gasteiger partial charge in [-0.1, -0.05) is 62.6 Å². The van der Waals surface area contributed by atoms with Crippen LogP contribution in [0.2, 0.25) is 0 Å². The molecule has 0 radical (unpaired) electrons. The monoisotopic (exact) mass is 361 g/mol. The summed E-state index contributed by atoms with van der Waals surface area (Å²) in [7, 11) is 0. The number of unbranched alkanes of at least 4 members (excludes halogenated alkanes) is 3. The molecule has 0 heterocycles. The summed E-state index contributed by atoms with van der Waals surface area (Å²) in [6.45, 7) is 3.19. The SMILES string of the molecule is CCCCCCO[C@H]1CC[C@H](c2ccc(-c3ccc(C#N)cc3)cc2)CC1. The summed E-state index contributed by atoms with van der Waals surface area (Å²) < 4.78 is 6.09. The van der Waals surface area contributed by atoms with Crippen LogP contribution < -0.4 is 0 Å². The van der Waals surface area contributed by atoms with E-state index in [4.69, 9.17) is 10.00 Å². The van der Waals surface area contributed by atoms with E-state index in [9.17, 15) is 0 Å². The molecule has 0 aromatic heterocycles. The maximum atomic E-state index is 8.92. The molecule has 0 aliphatic heterocycles. The van der Waals surface area contributed by atoms with Gasteiger partial charge in [-0.05, 0) is 66.8 Å². The molecule has 1 aliphatic carbocycles. The van der Waals surface area contributed by atoms with Crippen LogP contribution in [-0.4, -0.2) is 12.7 Å². The molecule has 1 fully saturated rings. The summed E-state index contributed by atoms with van der Waals surface area (Å²) in [5, 5.41) is 8.92. The predicted molar refractivity (Wildman–Crippen MR) is 112 cm³/mol. The van der Waals surface area contributed by atoms with E-state index in [1.807, 2.05) is 24.3 Å². The molecule has 0 unspecified atom stereocenters. The lowest BCUT2D eigenvalue weighted by Crippen LogP contribution is -2.21. The number of benzene rings is 2. The average molecular weight is 362 g/mol. The summed E-state index contributed by atoms with van der Waals surface area (Å²) in [4.78, 5) is 0. The van der Waals surface area contributed by atoms with Crippen molar-refractivity contribution in [1.29, 1.82) is 5.26 Å². The highest BCUT2D eigenvalue weighted by atomic mass is 16.5. The van der Waals surface area contributed by atoms with E-state index in [0.717, 1.165) is 6.61 Å². The Morgan fingerprint density at radius 3 is 2.07 bits per heavy atom. The smallest absolute Gasteiger partial charge is 0.0991 e. The maximum absolute atomic E-state index is 8.92. The second kappa shape index (κ2) is 10.3. The predicted octanol–water partition coefficient (Wildman–Crippen LogP) is 6.85. The number of rotatable bonds is 8. The summed E-state index contributed by atoms with van der Waals surface area (Å²) in [6.07, 6.45) is 10.4. The number of hydrogen-bond donors (Lipinski definition) is 0. The van der Waals surface area contributed by atoms with Gasteiger partial charge >= 0.3 is 0 Å². The molecule has 0 saturated heterocycles. The van der Waals surface area contributed by atoms with Gasteiger partial charge in [-0.25, -0.2) is 0 Å². The van der Waals surface area contributed by atoms with Gasteiger partial charge in [-0.2, -0.15) is 5.26 Å². The van der Waals surface area contributed by atoms with E-state index < -0.39 is 0 Å².